The molecule has 59 heteroatoms. The van der Waals surface area contributed by atoms with Crippen molar-refractivity contribution in [3.05, 3.63) is 177 Å². The van der Waals surface area contributed by atoms with Crippen molar-refractivity contribution in [3.8, 4) is 0 Å². The average molecular weight is 2120 g/mol. The van der Waals surface area contributed by atoms with Crippen LogP contribution in [0, 0.1) is 89.4 Å². The summed E-state index contributed by atoms with van der Waals surface area (Å²) in [6, 6.07) is 35.3. The number of allylic oxidation sites excluding steroid dienone is 3. The molecule has 1 aliphatic carbocycles. The number of nitrogens with two attached hydrogens (primary N) is 20. The van der Waals surface area contributed by atoms with Crippen molar-refractivity contribution >= 4 is 266 Å². The summed E-state index contributed by atoms with van der Waals surface area (Å²) in [6.45, 7) is 20.1. The van der Waals surface area contributed by atoms with E-state index in [-0.39, 0.29) is 95.4 Å². The van der Waals surface area contributed by atoms with E-state index in [0.717, 1.165) is 62.0 Å². The van der Waals surface area contributed by atoms with Gasteiger partial charge in [0.2, 0.25) is 71.5 Å². The van der Waals surface area contributed by atoms with Gasteiger partial charge in [0.1, 0.15) is 20.0 Å². The quantitative estimate of drug-likeness (QED) is 0.0498. The number of aliphatic imine (C=N–C) groups is 15. The zero-order valence-corrected chi connectivity index (χ0v) is 90.7. The summed E-state index contributed by atoms with van der Waals surface area (Å²) in [5.74, 6) is 2.32. The fourth-order valence-electron chi connectivity index (χ4n) is 9.11. The first-order valence-electron chi connectivity index (χ1n) is 41.1. The third-order valence-electron chi connectivity index (χ3n) is 16.3. The van der Waals surface area contributed by atoms with Crippen molar-refractivity contribution in [3.63, 3.8) is 0 Å². The molecule has 10 rings (SSSR count). The first-order valence-corrected chi connectivity index (χ1v) is 48.5. The Hall–Kier alpha value is -15.8. The van der Waals surface area contributed by atoms with Gasteiger partial charge < -0.3 is 150 Å². The molecular weight excluding hydrogens is 1990 g/mol. The molecule has 1 aliphatic rings. The minimum absolute atomic E-state index is 0.00798. The number of nitrogens with zero attached hydrogens (tertiary/aromatic N) is 22. The van der Waals surface area contributed by atoms with Crippen molar-refractivity contribution in [2.45, 2.75) is 75.7 Å². The van der Waals surface area contributed by atoms with E-state index in [2.05, 4.69) is 90.8 Å². The van der Waals surface area contributed by atoms with E-state index in [0.29, 0.717) is 23.8 Å². The van der Waals surface area contributed by atoms with Crippen LogP contribution < -0.4 is 150 Å². The van der Waals surface area contributed by atoms with E-state index in [1.807, 2.05) is 210 Å². The third-order valence-corrected chi connectivity index (χ3v) is 25.1. The van der Waals surface area contributed by atoms with Crippen LogP contribution in [0.3, 0.4) is 0 Å². The van der Waals surface area contributed by atoms with E-state index in [9.17, 15) is 0 Å². The molecule has 0 saturated carbocycles. The van der Waals surface area contributed by atoms with Gasteiger partial charge in [0, 0.05) is 134 Å². The summed E-state index contributed by atoms with van der Waals surface area (Å²) < 4.78 is 0. The van der Waals surface area contributed by atoms with E-state index in [1.54, 1.807) is 169 Å². The Kier molecular flexibility index (Phi) is 56.3. The van der Waals surface area contributed by atoms with Crippen LogP contribution in [0.15, 0.2) is 208 Å². The molecule has 9 aromatic heterocycles. The number of thiophene rings is 9. The molecule has 0 amide bonds. The van der Waals surface area contributed by atoms with Crippen LogP contribution in [0.4, 0.5) is 45.0 Å². The summed E-state index contributed by atoms with van der Waals surface area (Å²) in [5.41, 5.74) is 109. The summed E-state index contributed by atoms with van der Waals surface area (Å²) in [7, 11) is 20.5. The van der Waals surface area contributed by atoms with Crippen LogP contribution in [0.1, 0.15) is 57.2 Å². The lowest BCUT2D eigenvalue weighted by Gasteiger charge is -2.25. The molecule has 772 valence electrons. The Morgan fingerprint density at radius 2 is 0.697 bits per heavy atom. The van der Waals surface area contributed by atoms with E-state index in [4.69, 9.17) is 142 Å². The lowest BCUT2D eigenvalue weighted by Crippen LogP contribution is -2.45. The first-order chi connectivity index (χ1) is 66.4. The minimum atomic E-state index is -0.301. The van der Waals surface area contributed by atoms with Crippen molar-refractivity contribution in [2.24, 2.45) is 190 Å². The van der Waals surface area contributed by atoms with Gasteiger partial charge in [-0.3, -0.25) is 62.1 Å². The van der Waals surface area contributed by atoms with Gasteiger partial charge in [0.25, 0.3) is 0 Å². The summed E-state index contributed by atoms with van der Waals surface area (Å²) >= 11 is 14.3. The second-order valence-electron chi connectivity index (χ2n) is 28.5. The van der Waals surface area contributed by atoms with Crippen LogP contribution in [-0.4, -0.2) is 218 Å². The van der Waals surface area contributed by atoms with E-state index in [1.165, 1.54) is 77.1 Å². The van der Waals surface area contributed by atoms with Crippen molar-refractivity contribution < 1.29 is 0 Å². The van der Waals surface area contributed by atoms with E-state index < -0.39 is 0 Å². The molecule has 0 bridgehead atoms. The molecule has 50 nitrogen and oxygen atoms in total. The lowest BCUT2D eigenvalue weighted by molar-refractivity contribution is 0.615. The molecule has 0 spiro atoms. The van der Waals surface area contributed by atoms with Gasteiger partial charge in [0.15, 0.2) is 47.7 Å². The number of aryl methyl sites for hydroxylation is 9. The summed E-state index contributed by atoms with van der Waals surface area (Å²) in [5, 5.41) is 53.4. The number of nitrogens with one attached hydrogen (secondary N) is 8. The molecule has 0 aliphatic heterocycles. The first kappa shape index (κ1) is 124. The van der Waals surface area contributed by atoms with Gasteiger partial charge in [-0.25, -0.2) is 20.0 Å². The predicted octanol–water partition coefficient (Wildman–Crippen LogP) is 6.72. The average Bonchev–Trinajstić information content (AvgIpc) is 1.69. The Morgan fingerprint density at radius 3 is 1.04 bits per heavy atom. The second kappa shape index (κ2) is 64.4. The monoisotopic (exact) mass is 2120 g/mol. The Morgan fingerprint density at radius 1 is 0.317 bits per heavy atom. The maximum Gasteiger partial charge on any atom is 0.228 e. The molecule has 0 atom stereocenters. The van der Waals surface area contributed by atoms with Gasteiger partial charge in [-0.2, -0.15) is 34.9 Å². The second-order valence-corrected chi connectivity index (χ2v) is 39.9. The molecule has 9 heterocycles. The Labute approximate surface area is 863 Å². The van der Waals surface area contributed by atoms with Gasteiger partial charge in [0.05, 0.1) is 25.0 Å². The van der Waals surface area contributed by atoms with Gasteiger partial charge in [-0.1, -0.05) is 6.08 Å². The van der Waals surface area contributed by atoms with Crippen molar-refractivity contribution in [1.29, 1.82) is 27.0 Å². The molecule has 0 unspecified atom stereocenters. The number of rotatable bonds is 10. The predicted molar refractivity (Wildman–Crippen MR) is 617 cm³/mol. The molecule has 48 N–H and O–H groups in total. The summed E-state index contributed by atoms with van der Waals surface area (Å²) in [6.07, 6.45) is 4.88. The highest BCUT2D eigenvalue weighted by molar-refractivity contribution is 7.18. The van der Waals surface area contributed by atoms with E-state index >= 15 is 0 Å². The largest absolute Gasteiger partial charge is 0.370 e. The molecule has 142 heavy (non-hydrogen) atoms. The summed E-state index contributed by atoms with van der Waals surface area (Å²) in [4.78, 5) is 80.1. The maximum absolute atomic E-state index is 7.82. The normalized spacial score (nSPS) is 12.0. The highest BCUT2D eigenvalue weighted by Gasteiger charge is 2.17. The van der Waals surface area contributed by atoms with Crippen LogP contribution in [0.5, 0.6) is 0 Å². The van der Waals surface area contributed by atoms with Crippen LogP contribution in [0.2, 0.25) is 0 Å². The standard InChI is InChI=1S/4C9H15N5S.4C8H13N5S.C8H13N5.C7H11N5S/c1-6-4-5-7(15-6)12-8(10)13-9(11)14(2)3;1-6-4-5-7(15-6)14(3)9(11)13-8(10)12-2;1-6-4-5-7(15-6)13(2)9(12)14(3)8(10)11;1-6-4-5-7(15-6)14(3)9(12-2)13-8(10)11;1-5-3-4-6(14-5)12-8(10)13-7(9)11-2;1-5-3-4-6(14-5)13(2)8(11)12-7(9)10;1-5-3-4-6(14-5)12-8(11)13(2)7(9)10;1-5-3-4-6(14-5)12-8(11-2)13-7(9)10;1-5-3-2-4-6(5)12-8(11)13-7(9)10;1-4-2-3-5(13-4)11-7(10)12-6(8)9/h2*4-5H,1-3H3,(H4,10,11,12,13);4-5,12H,1-3H3,(H3,10,11);4-5H,1-3H3,(H4,10,11,12,13);3-4H,1-2H3,(H5,9,10,11,12,13);3-4H,1-2H3,(H5,9,10,11,12);3-4H,1-2H3,(H3,9,10)(H2,11,12);3-4H,1-2H3,(H5,9,10,11,12,13);2,4H,3H2,1H3,(H6,9,10,11,12,13);2-3H,1H3,(H6,8,9,10,11,12). The third kappa shape index (κ3) is 51.6. The highest BCUT2D eigenvalue weighted by atomic mass is 32.1. The van der Waals surface area contributed by atoms with Crippen LogP contribution >= 0.6 is 102 Å². The van der Waals surface area contributed by atoms with Gasteiger partial charge in [-0.15, -0.1) is 102 Å². The minimum Gasteiger partial charge on any atom is -0.370 e. The van der Waals surface area contributed by atoms with Gasteiger partial charge >= 0.3 is 0 Å². The zero-order valence-electron chi connectivity index (χ0n) is 83.3. The topological polar surface area (TPSA) is 884 Å². The number of guanidine groups is 20. The van der Waals surface area contributed by atoms with Crippen LogP contribution in [-0.2, 0) is 0 Å². The van der Waals surface area contributed by atoms with Crippen molar-refractivity contribution in [1.82, 2.24) is 25.3 Å². The Balaban J connectivity index is 0.000000789. The smallest absolute Gasteiger partial charge is 0.228 e. The number of hydrogen-bond donors (Lipinski definition) is 28. The number of anilines is 5. The molecule has 0 fully saturated rings. The fourth-order valence-corrected chi connectivity index (χ4v) is 16.1. The van der Waals surface area contributed by atoms with Crippen LogP contribution in [0.25, 0.3) is 0 Å². The highest BCUT2D eigenvalue weighted by Crippen LogP contribution is 2.31. The molecular formula is C83H136N50S9. The van der Waals surface area contributed by atoms with Gasteiger partial charge in [-0.05, 0) is 197 Å². The molecule has 9 aromatic rings. The zero-order chi connectivity index (χ0) is 108. The van der Waals surface area contributed by atoms with Crippen molar-refractivity contribution in [2.75, 3.05) is 109 Å². The SMILES string of the molecule is CC1=C(NC(N)=NC(=N)N)C=CC1.CN=C(N)N=C(N)N(C)c1ccc(C)s1.CN=C(N)NC(N)=Nc1ccc(C)s1.CN=C(N=C(N)N)N(C)c1ccc(C)s1.CN=C(N=C(N)N)Nc1ccc(C)s1.Cc1ccc(N(C)C(=N)N(C)C(=N)N)s1.Cc1ccc(N(C)C(=N)N=C(N)N)s1.Cc1ccc(N=C(N)N(C)C(=N)N)s1.Cc1ccc(N=C(N)N=C(N)N(C)C)s1.Cc1ccc(N=C(N)N=C(N)N)s1. The Bertz CT molecular complexity index is 6090. The molecule has 0 aromatic carbocycles. The fraction of sp³-hybridized carbons (Fsp3) is 0.277. The molecule has 0 saturated heterocycles. The molecule has 0 radical (unpaired) electrons. The lowest BCUT2D eigenvalue weighted by atomic mass is 10.2. The maximum atomic E-state index is 7.82. The number of hydrogen-bond acceptors (Lipinski definition) is 22.